The number of nitrogens with one attached hydrogen (secondary N) is 1. The highest BCUT2D eigenvalue weighted by molar-refractivity contribution is 7.89. The minimum atomic E-state index is -3.66. The number of hydrogen-bond donors (Lipinski definition) is 1. The molecule has 2 heterocycles. The van der Waals surface area contributed by atoms with E-state index in [4.69, 9.17) is 4.42 Å². The smallest absolute Gasteiger partial charge is 0.289 e. The minimum absolute atomic E-state index is 0.137. The highest BCUT2D eigenvalue weighted by Gasteiger charge is 2.29. The Labute approximate surface area is 199 Å². The largest absolute Gasteiger partial charge is 0.459 e. The molecule has 1 aliphatic heterocycles. The van der Waals surface area contributed by atoms with Gasteiger partial charge in [-0.25, -0.2) is 8.42 Å². The molecule has 8 nitrogen and oxygen atoms in total. The van der Waals surface area contributed by atoms with Gasteiger partial charge in [0.2, 0.25) is 15.9 Å². The Morgan fingerprint density at radius 3 is 2.29 bits per heavy atom. The van der Waals surface area contributed by atoms with Gasteiger partial charge in [0.1, 0.15) is 0 Å². The number of nitrogens with zero attached hydrogens (tertiary/aromatic N) is 2. The van der Waals surface area contributed by atoms with E-state index in [-0.39, 0.29) is 29.2 Å². The maximum Gasteiger partial charge on any atom is 0.289 e. The van der Waals surface area contributed by atoms with Crippen molar-refractivity contribution < 1.29 is 22.4 Å². The predicted octanol–water partition coefficient (Wildman–Crippen LogP) is 3.59. The number of hydrogen-bond acceptors (Lipinski definition) is 5. The fourth-order valence-corrected chi connectivity index (χ4v) is 5.12. The van der Waals surface area contributed by atoms with Gasteiger partial charge in [-0.3, -0.25) is 9.59 Å². The second kappa shape index (κ2) is 10.2. The van der Waals surface area contributed by atoms with E-state index in [2.05, 4.69) is 5.32 Å². The van der Waals surface area contributed by atoms with Crippen LogP contribution in [-0.4, -0.2) is 49.6 Å². The monoisotopic (exact) mass is 481 g/mol. The first kappa shape index (κ1) is 23.7. The molecule has 1 aliphatic rings. The lowest BCUT2D eigenvalue weighted by molar-refractivity contribution is -0.121. The van der Waals surface area contributed by atoms with Crippen molar-refractivity contribution in [2.24, 2.45) is 5.92 Å². The summed E-state index contributed by atoms with van der Waals surface area (Å²) in [5, 5.41) is 2.86. The van der Waals surface area contributed by atoms with Crippen LogP contribution in [0.1, 0.15) is 29.0 Å². The summed E-state index contributed by atoms with van der Waals surface area (Å²) in [5.74, 6) is -0.229. The van der Waals surface area contributed by atoms with Gasteiger partial charge in [-0.05, 0) is 54.8 Å². The molecule has 0 atom stereocenters. The number of piperidine rings is 1. The number of benzene rings is 2. The lowest BCUT2D eigenvalue weighted by atomic mass is 9.95. The molecule has 0 bridgehead atoms. The third kappa shape index (κ3) is 5.37. The summed E-state index contributed by atoms with van der Waals surface area (Å²) in [5.41, 5.74) is 1.43. The van der Waals surface area contributed by atoms with Crippen LogP contribution in [0.4, 0.5) is 5.69 Å². The first-order chi connectivity index (χ1) is 16.3. The average molecular weight is 482 g/mol. The van der Waals surface area contributed by atoms with Crippen molar-refractivity contribution in [2.75, 3.05) is 25.5 Å². The summed E-state index contributed by atoms with van der Waals surface area (Å²) >= 11 is 0. The van der Waals surface area contributed by atoms with E-state index in [1.807, 2.05) is 30.3 Å². The van der Waals surface area contributed by atoms with Crippen molar-refractivity contribution in [3.05, 3.63) is 84.3 Å². The number of carbonyl (C=O) groups is 2. The maximum atomic E-state index is 12.9. The van der Waals surface area contributed by atoms with Crippen LogP contribution in [0.5, 0.6) is 0 Å². The van der Waals surface area contributed by atoms with Gasteiger partial charge in [-0.15, -0.1) is 0 Å². The fraction of sp³-hybridized carbons (Fsp3) is 0.280. The number of carbonyl (C=O) groups excluding carboxylic acids is 2. The molecule has 0 spiro atoms. The van der Waals surface area contributed by atoms with Crippen LogP contribution in [0, 0.1) is 5.92 Å². The van der Waals surface area contributed by atoms with Gasteiger partial charge in [0.25, 0.3) is 5.91 Å². The van der Waals surface area contributed by atoms with Crippen LogP contribution in [0.2, 0.25) is 0 Å². The topological polar surface area (TPSA) is 99.9 Å². The van der Waals surface area contributed by atoms with Gasteiger partial charge in [0.05, 0.1) is 11.2 Å². The van der Waals surface area contributed by atoms with E-state index in [1.165, 1.54) is 22.7 Å². The molecule has 2 amide bonds. The van der Waals surface area contributed by atoms with Crippen molar-refractivity contribution in [1.82, 2.24) is 9.21 Å². The Balaban J connectivity index is 1.32. The zero-order valence-electron chi connectivity index (χ0n) is 18.9. The Hall–Kier alpha value is -3.43. The quantitative estimate of drug-likeness (QED) is 0.556. The van der Waals surface area contributed by atoms with Gasteiger partial charge < -0.3 is 14.6 Å². The molecule has 3 aromatic rings. The predicted molar refractivity (Wildman–Crippen MR) is 128 cm³/mol. The molecule has 1 saturated heterocycles. The number of amides is 2. The van der Waals surface area contributed by atoms with E-state index in [1.54, 1.807) is 36.2 Å². The van der Waals surface area contributed by atoms with E-state index in [9.17, 15) is 18.0 Å². The highest BCUT2D eigenvalue weighted by Crippen LogP contribution is 2.23. The Morgan fingerprint density at radius 1 is 1.00 bits per heavy atom. The van der Waals surface area contributed by atoms with Gasteiger partial charge in [-0.1, -0.05) is 30.3 Å². The molecule has 178 valence electrons. The second-order valence-electron chi connectivity index (χ2n) is 8.30. The Bertz CT molecular complexity index is 1220. The number of furan rings is 1. The van der Waals surface area contributed by atoms with E-state index >= 15 is 0 Å². The molecule has 0 saturated carbocycles. The molecule has 0 unspecified atom stereocenters. The Kier molecular flexibility index (Phi) is 7.14. The summed E-state index contributed by atoms with van der Waals surface area (Å²) < 4.78 is 32.2. The van der Waals surface area contributed by atoms with Crippen molar-refractivity contribution in [3.8, 4) is 0 Å². The highest BCUT2D eigenvalue weighted by atomic mass is 32.2. The SMILES string of the molecule is CN(Cc1ccccc1)S(=O)(=O)c1ccc(NC(=O)C2CCN(C(=O)c3ccco3)CC2)cc1. The van der Waals surface area contributed by atoms with Crippen molar-refractivity contribution in [3.63, 3.8) is 0 Å². The first-order valence-electron chi connectivity index (χ1n) is 11.1. The summed E-state index contributed by atoms with van der Waals surface area (Å²) in [4.78, 5) is 26.9. The van der Waals surface area contributed by atoms with Gasteiger partial charge in [-0.2, -0.15) is 4.31 Å². The van der Waals surface area contributed by atoms with Crippen molar-refractivity contribution >= 4 is 27.5 Å². The lowest BCUT2D eigenvalue weighted by Gasteiger charge is -2.30. The van der Waals surface area contributed by atoms with E-state index in [0.29, 0.717) is 37.4 Å². The van der Waals surface area contributed by atoms with Crippen LogP contribution in [0.25, 0.3) is 0 Å². The molecule has 2 aromatic carbocycles. The van der Waals surface area contributed by atoms with Gasteiger partial charge in [0.15, 0.2) is 5.76 Å². The summed E-state index contributed by atoms with van der Waals surface area (Å²) in [7, 11) is -2.12. The zero-order valence-corrected chi connectivity index (χ0v) is 19.7. The first-order valence-corrected chi connectivity index (χ1v) is 12.5. The van der Waals surface area contributed by atoms with Gasteiger partial charge in [0, 0.05) is 38.3 Å². The third-order valence-corrected chi connectivity index (χ3v) is 7.78. The fourth-order valence-electron chi connectivity index (χ4n) is 3.96. The molecular weight excluding hydrogens is 454 g/mol. The lowest BCUT2D eigenvalue weighted by Crippen LogP contribution is -2.41. The number of anilines is 1. The molecule has 34 heavy (non-hydrogen) atoms. The standard InChI is InChI=1S/C25H27N3O5S/c1-27(18-19-6-3-2-4-7-19)34(31,32)22-11-9-21(10-12-22)26-24(29)20-13-15-28(16-14-20)25(30)23-8-5-17-33-23/h2-12,17,20H,13-16,18H2,1H3,(H,26,29). The van der Waals surface area contributed by atoms with Crippen LogP contribution < -0.4 is 5.32 Å². The molecule has 1 aromatic heterocycles. The molecule has 1 N–H and O–H groups in total. The van der Waals surface area contributed by atoms with Crippen LogP contribution in [0.3, 0.4) is 0 Å². The van der Waals surface area contributed by atoms with E-state index < -0.39 is 10.0 Å². The van der Waals surface area contributed by atoms with Crippen molar-refractivity contribution in [1.29, 1.82) is 0 Å². The minimum Gasteiger partial charge on any atom is -0.459 e. The van der Waals surface area contributed by atoms with Crippen LogP contribution in [-0.2, 0) is 21.4 Å². The molecule has 1 fully saturated rings. The average Bonchev–Trinajstić information content (AvgIpc) is 3.40. The summed E-state index contributed by atoms with van der Waals surface area (Å²) in [6, 6.07) is 18.9. The van der Waals surface area contributed by atoms with Crippen molar-refractivity contribution in [2.45, 2.75) is 24.3 Å². The molecule has 4 rings (SSSR count). The number of likely N-dealkylation sites (tertiary alicyclic amines) is 1. The number of sulfonamides is 1. The number of rotatable bonds is 7. The summed E-state index contributed by atoms with van der Waals surface area (Å²) in [6.45, 7) is 1.22. The maximum absolute atomic E-state index is 12.9. The zero-order chi connectivity index (χ0) is 24.1. The Morgan fingerprint density at radius 2 is 1.68 bits per heavy atom. The molecular formula is C25H27N3O5S. The van der Waals surface area contributed by atoms with Gasteiger partial charge >= 0.3 is 0 Å². The second-order valence-corrected chi connectivity index (χ2v) is 10.3. The van der Waals surface area contributed by atoms with E-state index in [0.717, 1.165) is 5.56 Å². The molecule has 0 radical (unpaired) electrons. The molecule has 9 heteroatoms. The van der Waals surface area contributed by atoms with Crippen LogP contribution in [0.15, 0.2) is 82.3 Å². The molecule has 0 aliphatic carbocycles. The summed E-state index contributed by atoms with van der Waals surface area (Å²) in [6.07, 6.45) is 2.56. The van der Waals surface area contributed by atoms with Crippen LogP contribution >= 0.6 is 0 Å². The third-order valence-electron chi connectivity index (χ3n) is 5.96. The normalized spacial score (nSPS) is 14.8.